The molecule has 0 radical (unpaired) electrons. The van der Waals surface area contributed by atoms with E-state index in [1.165, 1.54) is 19.2 Å². The predicted octanol–water partition coefficient (Wildman–Crippen LogP) is 2.13. The fourth-order valence-electron chi connectivity index (χ4n) is 1.12. The van der Waals surface area contributed by atoms with Crippen molar-refractivity contribution in [3.63, 3.8) is 0 Å². The number of nitriles is 1. The SMILES string of the molecule is COc1ccc(C(=O)CCl)c(F)c1C#N. The van der Waals surface area contributed by atoms with Gasteiger partial charge in [-0.1, -0.05) is 0 Å². The molecule has 78 valence electrons. The van der Waals surface area contributed by atoms with Crippen LogP contribution in [0.15, 0.2) is 12.1 Å². The largest absolute Gasteiger partial charge is 0.495 e. The van der Waals surface area contributed by atoms with Gasteiger partial charge >= 0.3 is 0 Å². The molecule has 0 fully saturated rings. The third-order valence-electron chi connectivity index (χ3n) is 1.86. The lowest BCUT2D eigenvalue weighted by Crippen LogP contribution is -2.06. The summed E-state index contributed by atoms with van der Waals surface area (Å²) >= 11 is 5.30. The summed E-state index contributed by atoms with van der Waals surface area (Å²) in [6.45, 7) is 0. The number of nitrogens with zero attached hydrogens (tertiary/aromatic N) is 1. The van der Waals surface area contributed by atoms with Crippen LogP contribution in [-0.2, 0) is 0 Å². The molecule has 5 heteroatoms. The summed E-state index contributed by atoms with van der Waals surface area (Å²) < 4.78 is 18.4. The Morgan fingerprint density at radius 3 is 2.80 bits per heavy atom. The van der Waals surface area contributed by atoms with Crippen LogP contribution in [0.2, 0.25) is 0 Å². The lowest BCUT2D eigenvalue weighted by molar-refractivity contribution is 0.101. The first-order valence-corrected chi connectivity index (χ1v) is 4.55. The molecular formula is C10H7ClFNO2. The smallest absolute Gasteiger partial charge is 0.180 e. The van der Waals surface area contributed by atoms with Crippen LogP contribution in [0.1, 0.15) is 15.9 Å². The molecule has 0 saturated carbocycles. The van der Waals surface area contributed by atoms with E-state index in [2.05, 4.69) is 0 Å². The molecule has 0 heterocycles. The maximum atomic E-state index is 13.6. The first-order chi connectivity index (χ1) is 7.15. The van der Waals surface area contributed by atoms with Gasteiger partial charge in [-0.05, 0) is 12.1 Å². The van der Waals surface area contributed by atoms with E-state index in [1.54, 1.807) is 6.07 Å². The molecule has 1 rings (SSSR count). The summed E-state index contributed by atoms with van der Waals surface area (Å²) in [5.41, 5.74) is -0.476. The summed E-state index contributed by atoms with van der Waals surface area (Å²) in [5.74, 6) is -1.68. The quantitative estimate of drug-likeness (QED) is 0.587. The average Bonchev–Trinajstić information content (AvgIpc) is 2.27. The molecule has 1 aromatic carbocycles. The van der Waals surface area contributed by atoms with Gasteiger partial charge in [-0.25, -0.2) is 4.39 Å². The summed E-state index contributed by atoms with van der Waals surface area (Å²) in [6, 6.07) is 4.25. The van der Waals surface area contributed by atoms with Gasteiger partial charge in [0.15, 0.2) is 11.6 Å². The van der Waals surface area contributed by atoms with Crippen LogP contribution < -0.4 is 4.74 Å². The van der Waals surface area contributed by atoms with E-state index < -0.39 is 11.6 Å². The topological polar surface area (TPSA) is 50.1 Å². The highest BCUT2D eigenvalue weighted by Crippen LogP contribution is 2.23. The number of ether oxygens (including phenoxy) is 1. The lowest BCUT2D eigenvalue weighted by Gasteiger charge is -2.06. The highest BCUT2D eigenvalue weighted by molar-refractivity contribution is 6.30. The number of alkyl halides is 1. The Bertz CT molecular complexity index is 440. The Morgan fingerprint density at radius 1 is 1.67 bits per heavy atom. The van der Waals surface area contributed by atoms with Crippen LogP contribution in [0, 0.1) is 17.1 Å². The van der Waals surface area contributed by atoms with Crippen molar-refractivity contribution in [2.24, 2.45) is 0 Å². The van der Waals surface area contributed by atoms with Gasteiger partial charge in [0.2, 0.25) is 0 Å². The molecule has 15 heavy (non-hydrogen) atoms. The fraction of sp³-hybridized carbons (Fsp3) is 0.200. The van der Waals surface area contributed by atoms with E-state index >= 15 is 0 Å². The minimum atomic E-state index is -0.887. The highest BCUT2D eigenvalue weighted by Gasteiger charge is 2.17. The number of benzene rings is 1. The van der Waals surface area contributed by atoms with E-state index in [-0.39, 0.29) is 22.8 Å². The van der Waals surface area contributed by atoms with Crippen molar-refractivity contribution in [3.8, 4) is 11.8 Å². The number of rotatable bonds is 3. The number of ketones is 1. The Labute approximate surface area is 91.0 Å². The summed E-state index contributed by atoms with van der Waals surface area (Å²) in [5, 5.41) is 8.70. The number of halogens is 2. The van der Waals surface area contributed by atoms with Crippen molar-refractivity contribution in [2.45, 2.75) is 0 Å². The van der Waals surface area contributed by atoms with Crippen LogP contribution in [0.3, 0.4) is 0 Å². The Kier molecular flexibility index (Phi) is 3.64. The molecule has 0 unspecified atom stereocenters. The van der Waals surface area contributed by atoms with Crippen LogP contribution in [-0.4, -0.2) is 18.8 Å². The van der Waals surface area contributed by atoms with E-state index in [0.29, 0.717) is 0 Å². The van der Waals surface area contributed by atoms with Gasteiger partial charge in [0.05, 0.1) is 18.6 Å². The minimum absolute atomic E-state index is 0.0983. The van der Waals surface area contributed by atoms with Crippen molar-refractivity contribution >= 4 is 17.4 Å². The molecule has 1 aromatic rings. The molecule has 0 aromatic heterocycles. The zero-order chi connectivity index (χ0) is 11.4. The Hall–Kier alpha value is -1.60. The summed E-state index contributed by atoms with van der Waals surface area (Å²) in [7, 11) is 1.32. The van der Waals surface area contributed by atoms with E-state index in [0.717, 1.165) is 0 Å². The molecule has 0 bridgehead atoms. The number of carbonyl (C=O) groups is 1. The lowest BCUT2D eigenvalue weighted by atomic mass is 10.1. The number of Topliss-reactive ketones (excluding diaryl/α,β-unsaturated/α-hetero) is 1. The Morgan fingerprint density at radius 2 is 2.33 bits per heavy atom. The molecule has 0 atom stereocenters. The van der Waals surface area contributed by atoms with Gasteiger partial charge in [-0.2, -0.15) is 5.26 Å². The second kappa shape index (κ2) is 4.76. The third-order valence-corrected chi connectivity index (χ3v) is 2.10. The number of hydrogen-bond acceptors (Lipinski definition) is 3. The van der Waals surface area contributed by atoms with Crippen molar-refractivity contribution in [1.82, 2.24) is 0 Å². The summed E-state index contributed by atoms with van der Waals surface area (Å²) in [6.07, 6.45) is 0. The number of carbonyl (C=O) groups excluding carboxylic acids is 1. The molecule has 3 nitrogen and oxygen atoms in total. The standard InChI is InChI=1S/C10H7ClFNO2/c1-15-9-3-2-6(8(14)4-11)10(12)7(9)5-13/h2-3H,4H2,1H3. The highest BCUT2D eigenvalue weighted by atomic mass is 35.5. The number of hydrogen-bond donors (Lipinski definition) is 0. The third kappa shape index (κ3) is 2.08. The van der Waals surface area contributed by atoms with E-state index in [9.17, 15) is 9.18 Å². The van der Waals surface area contributed by atoms with Gasteiger partial charge in [-0.3, -0.25) is 4.79 Å². The maximum absolute atomic E-state index is 13.6. The summed E-state index contributed by atoms with van der Waals surface area (Å²) in [4.78, 5) is 11.2. The molecule has 0 aliphatic heterocycles. The van der Waals surface area contributed by atoms with Crippen LogP contribution >= 0.6 is 11.6 Å². The van der Waals surface area contributed by atoms with Crippen LogP contribution in [0.25, 0.3) is 0 Å². The molecule has 0 aliphatic rings. The van der Waals surface area contributed by atoms with Crippen molar-refractivity contribution < 1.29 is 13.9 Å². The molecule has 0 N–H and O–H groups in total. The first kappa shape index (κ1) is 11.5. The van der Waals surface area contributed by atoms with Crippen LogP contribution in [0.4, 0.5) is 4.39 Å². The fourth-order valence-corrected chi connectivity index (χ4v) is 1.26. The van der Waals surface area contributed by atoms with Gasteiger partial charge in [-0.15, -0.1) is 11.6 Å². The molecular weight excluding hydrogens is 221 g/mol. The van der Waals surface area contributed by atoms with Crippen molar-refractivity contribution in [3.05, 3.63) is 29.1 Å². The zero-order valence-corrected chi connectivity index (χ0v) is 8.64. The maximum Gasteiger partial charge on any atom is 0.180 e. The minimum Gasteiger partial charge on any atom is -0.495 e. The van der Waals surface area contributed by atoms with Gasteiger partial charge in [0.25, 0.3) is 0 Å². The second-order valence-corrected chi connectivity index (χ2v) is 2.94. The van der Waals surface area contributed by atoms with Crippen molar-refractivity contribution in [2.75, 3.05) is 13.0 Å². The van der Waals surface area contributed by atoms with E-state index in [1.807, 2.05) is 0 Å². The zero-order valence-electron chi connectivity index (χ0n) is 7.88. The first-order valence-electron chi connectivity index (χ1n) is 4.01. The normalized spacial score (nSPS) is 9.47. The van der Waals surface area contributed by atoms with Crippen molar-refractivity contribution in [1.29, 1.82) is 5.26 Å². The average molecular weight is 228 g/mol. The predicted molar refractivity (Wildman–Crippen MR) is 52.7 cm³/mol. The number of methoxy groups -OCH3 is 1. The monoisotopic (exact) mass is 227 g/mol. The van der Waals surface area contributed by atoms with Crippen LogP contribution in [0.5, 0.6) is 5.75 Å². The molecule has 0 saturated heterocycles. The molecule has 0 spiro atoms. The van der Waals surface area contributed by atoms with E-state index in [4.69, 9.17) is 21.6 Å². The van der Waals surface area contributed by atoms with Gasteiger partial charge < -0.3 is 4.74 Å². The second-order valence-electron chi connectivity index (χ2n) is 2.67. The van der Waals surface area contributed by atoms with Gasteiger partial charge in [0, 0.05) is 0 Å². The van der Waals surface area contributed by atoms with Gasteiger partial charge in [0.1, 0.15) is 17.4 Å². The Balaban J connectivity index is 3.37. The molecule has 0 aliphatic carbocycles. The molecule has 0 amide bonds.